The molecular formula is C31H30F3NO4. The Morgan fingerprint density at radius 1 is 0.949 bits per heavy atom. The summed E-state index contributed by atoms with van der Waals surface area (Å²) in [4.78, 5) is 28.2. The van der Waals surface area contributed by atoms with Gasteiger partial charge in [0.25, 0.3) is 0 Å². The zero-order chi connectivity index (χ0) is 27.6. The smallest absolute Gasteiger partial charge is 0.416 e. The third-order valence-corrected chi connectivity index (χ3v) is 7.69. The first-order chi connectivity index (χ1) is 18.7. The number of hydrogen-bond acceptors (Lipinski definition) is 4. The van der Waals surface area contributed by atoms with Crippen LogP contribution < -0.4 is 4.74 Å². The number of hydrogen-bond donors (Lipinski definition) is 0. The summed E-state index contributed by atoms with van der Waals surface area (Å²) < 4.78 is 50.1. The lowest BCUT2D eigenvalue weighted by molar-refractivity contribution is -0.139. The second-order valence-corrected chi connectivity index (χ2v) is 10.2. The molecule has 0 saturated heterocycles. The number of nitrogens with zero attached hydrogens (tertiary/aromatic N) is 1. The van der Waals surface area contributed by atoms with Gasteiger partial charge in [-0.25, -0.2) is 4.79 Å². The lowest BCUT2D eigenvalue weighted by Crippen LogP contribution is -2.42. The Morgan fingerprint density at radius 2 is 1.72 bits per heavy atom. The van der Waals surface area contributed by atoms with Gasteiger partial charge < -0.3 is 14.4 Å². The number of carbonyl (C=O) groups is 2. The van der Waals surface area contributed by atoms with Gasteiger partial charge in [-0.15, -0.1) is 0 Å². The molecule has 1 saturated carbocycles. The summed E-state index contributed by atoms with van der Waals surface area (Å²) in [7, 11) is 1.70. The van der Waals surface area contributed by atoms with Gasteiger partial charge in [0.05, 0.1) is 17.2 Å². The van der Waals surface area contributed by atoms with Crippen LogP contribution >= 0.6 is 0 Å². The predicted molar refractivity (Wildman–Crippen MR) is 140 cm³/mol. The Morgan fingerprint density at radius 3 is 2.46 bits per heavy atom. The number of carbonyl (C=O) groups excluding carboxylic acids is 2. The third kappa shape index (κ3) is 6.01. The molecule has 5 nitrogen and oxygen atoms in total. The summed E-state index contributed by atoms with van der Waals surface area (Å²) in [5.41, 5.74) is 2.53. The van der Waals surface area contributed by atoms with Crippen LogP contribution in [0.1, 0.15) is 52.7 Å². The normalized spacial score (nSPS) is 19.3. The lowest BCUT2D eigenvalue weighted by Gasteiger charge is -2.35. The van der Waals surface area contributed by atoms with E-state index in [1.54, 1.807) is 37.4 Å². The molecule has 204 valence electrons. The van der Waals surface area contributed by atoms with Crippen LogP contribution in [0.15, 0.2) is 66.7 Å². The first-order valence-corrected chi connectivity index (χ1v) is 13.1. The average Bonchev–Trinajstić information content (AvgIpc) is 2.96. The molecule has 2 atom stereocenters. The van der Waals surface area contributed by atoms with E-state index in [2.05, 4.69) is 0 Å². The Balaban J connectivity index is 1.27. The fourth-order valence-corrected chi connectivity index (χ4v) is 5.54. The van der Waals surface area contributed by atoms with Crippen LogP contribution in [0.5, 0.6) is 5.75 Å². The van der Waals surface area contributed by atoms with Crippen molar-refractivity contribution in [2.75, 3.05) is 13.7 Å². The topological polar surface area (TPSA) is 55.8 Å². The molecule has 2 unspecified atom stereocenters. The fourth-order valence-electron chi connectivity index (χ4n) is 5.54. The highest BCUT2D eigenvalue weighted by Crippen LogP contribution is 2.33. The molecule has 0 aromatic heterocycles. The fraction of sp³-hybridized carbons (Fsp3) is 0.355. The molecule has 0 bridgehead atoms. The van der Waals surface area contributed by atoms with E-state index in [1.165, 1.54) is 12.1 Å². The zero-order valence-corrected chi connectivity index (χ0v) is 21.7. The SMILES string of the molecule is COC1CCCC(C(=O)N2CCc3cc(OC(=O)c4ccccc4-c4ccc(C(F)(F)F)cc4)ccc3C2)C1. The molecule has 0 spiro atoms. The van der Waals surface area contributed by atoms with E-state index in [4.69, 9.17) is 9.47 Å². The minimum Gasteiger partial charge on any atom is -0.423 e. The van der Waals surface area contributed by atoms with Crippen molar-refractivity contribution in [3.8, 4) is 16.9 Å². The van der Waals surface area contributed by atoms with Gasteiger partial charge in [0.15, 0.2) is 0 Å². The van der Waals surface area contributed by atoms with Crippen LogP contribution in [0.4, 0.5) is 13.2 Å². The molecule has 3 aromatic carbocycles. The first-order valence-electron chi connectivity index (χ1n) is 13.1. The number of rotatable bonds is 5. The molecule has 5 rings (SSSR count). The minimum atomic E-state index is -4.43. The highest BCUT2D eigenvalue weighted by Gasteiger charge is 2.32. The van der Waals surface area contributed by atoms with Crippen molar-refractivity contribution < 1.29 is 32.2 Å². The van der Waals surface area contributed by atoms with Crippen LogP contribution in [0.2, 0.25) is 0 Å². The van der Waals surface area contributed by atoms with Gasteiger partial charge in [-0.2, -0.15) is 13.2 Å². The maximum atomic E-state index is 13.2. The van der Waals surface area contributed by atoms with E-state index in [0.717, 1.165) is 48.9 Å². The molecule has 1 amide bonds. The Bertz CT molecular complexity index is 1350. The standard InChI is InChI=1S/C31H30F3NO4/c1-38-25-6-4-5-22(18-25)29(36)35-16-15-21-17-26(14-11-23(21)19-35)39-30(37)28-8-3-2-7-27(28)20-9-12-24(13-10-20)31(32,33)34/h2-3,7-14,17,22,25H,4-6,15-16,18-19H2,1H3. The molecule has 39 heavy (non-hydrogen) atoms. The molecule has 1 aliphatic carbocycles. The van der Waals surface area contributed by atoms with Crippen molar-refractivity contribution in [2.45, 2.75) is 50.9 Å². The van der Waals surface area contributed by atoms with E-state index in [0.29, 0.717) is 36.4 Å². The Hall–Kier alpha value is -3.65. The van der Waals surface area contributed by atoms with Gasteiger partial charge >= 0.3 is 12.1 Å². The van der Waals surface area contributed by atoms with E-state index < -0.39 is 17.7 Å². The number of halogens is 3. The number of fused-ring (bicyclic) bond motifs is 1. The van der Waals surface area contributed by atoms with Gasteiger partial charge in [0, 0.05) is 26.1 Å². The number of methoxy groups -OCH3 is 1. The van der Waals surface area contributed by atoms with Crippen LogP contribution in [-0.2, 0) is 28.7 Å². The quantitative estimate of drug-likeness (QED) is 0.269. The van der Waals surface area contributed by atoms with Crippen molar-refractivity contribution in [1.29, 1.82) is 0 Å². The monoisotopic (exact) mass is 537 g/mol. The Kier molecular flexibility index (Phi) is 7.75. The second-order valence-electron chi connectivity index (χ2n) is 10.2. The van der Waals surface area contributed by atoms with Crippen LogP contribution in [0, 0.1) is 5.92 Å². The van der Waals surface area contributed by atoms with Crippen molar-refractivity contribution in [3.05, 3.63) is 89.0 Å². The summed E-state index contributed by atoms with van der Waals surface area (Å²) in [6, 6.07) is 16.8. The second kappa shape index (κ2) is 11.2. The van der Waals surface area contributed by atoms with Crippen molar-refractivity contribution in [3.63, 3.8) is 0 Å². The first kappa shape index (κ1) is 26.9. The number of ether oxygens (including phenoxy) is 2. The van der Waals surface area contributed by atoms with Gasteiger partial charge in [-0.1, -0.05) is 42.8 Å². The molecule has 1 fully saturated rings. The molecule has 0 N–H and O–H groups in total. The number of benzene rings is 3. The summed E-state index contributed by atoms with van der Waals surface area (Å²) in [6.45, 7) is 1.13. The summed E-state index contributed by atoms with van der Waals surface area (Å²) >= 11 is 0. The molecule has 3 aromatic rings. The summed E-state index contributed by atoms with van der Waals surface area (Å²) in [5.74, 6) is -0.0352. The largest absolute Gasteiger partial charge is 0.423 e. The van der Waals surface area contributed by atoms with Crippen molar-refractivity contribution >= 4 is 11.9 Å². The predicted octanol–water partition coefficient (Wildman–Crippen LogP) is 6.68. The van der Waals surface area contributed by atoms with Crippen LogP contribution in [0.25, 0.3) is 11.1 Å². The van der Waals surface area contributed by atoms with Gasteiger partial charge in [0.1, 0.15) is 5.75 Å². The van der Waals surface area contributed by atoms with E-state index >= 15 is 0 Å². The third-order valence-electron chi connectivity index (χ3n) is 7.69. The highest BCUT2D eigenvalue weighted by molar-refractivity contribution is 5.98. The van der Waals surface area contributed by atoms with E-state index in [9.17, 15) is 22.8 Å². The average molecular weight is 538 g/mol. The summed E-state index contributed by atoms with van der Waals surface area (Å²) in [6.07, 6.45) is 0.0274. The van der Waals surface area contributed by atoms with E-state index in [1.807, 2.05) is 17.0 Å². The molecule has 1 aliphatic heterocycles. The van der Waals surface area contributed by atoms with Crippen molar-refractivity contribution in [1.82, 2.24) is 4.90 Å². The maximum absolute atomic E-state index is 13.2. The highest BCUT2D eigenvalue weighted by atomic mass is 19.4. The molecule has 8 heteroatoms. The summed E-state index contributed by atoms with van der Waals surface area (Å²) in [5, 5.41) is 0. The van der Waals surface area contributed by atoms with Crippen LogP contribution in [-0.4, -0.2) is 36.5 Å². The lowest BCUT2D eigenvalue weighted by atomic mass is 9.85. The number of alkyl halides is 3. The molecule has 1 heterocycles. The minimum absolute atomic E-state index is 0.00443. The van der Waals surface area contributed by atoms with Gasteiger partial charge in [0.2, 0.25) is 5.91 Å². The van der Waals surface area contributed by atoms with Gasteiger partial charge in [-0.3, -0.25) is 4.79 Å². The Labute approximate surface area is 225 Å². The zero-order valence-electron chi connectivity index (χ0n) is 21.7. The molecular weight excluding hydrogens is 507 g/mol. The van der Waals surface area contributed by atoms with Gasteiger partial charge in [-0.05, 0) is 78.3 Å². The maximum Gasteiger partial charge on any atom is 0.416 e. The molecule has 0 radical (unpaired) electrons. The number of esters is 1. The molecule has 2 aliphatic rings. The van der Waals surface area contributed by atoms with Crippen molar-refractivity contribution in [2.24, 2.45) is 5.92 Å². The van der Waals surface area contributed by atoms with Crippen LogP contribution in [0.3, 0.4) is 0 Å². The van der Waals surface area contributed by atoms with E-state index in [-0.39, 0.29) is 23.5 Å². The number of amides is 1.